The minimum atomic E-state index is -0.552. The van der Waals surface area contributed by atoms with Crippen LogP contribution in [0.15, 0.2) is 54.6 Å². The fourth-order valence-corrected chi connectivity index (χ4v) is 2.28. The molecular weight excluding hydrogens is 300 g/mol. The summed E-state index contributed by atoms with van der Waals surface area (Å²) in [5.74, 6) is -0.169. The van der Waals surface area contributed by atoms with Gasteiger partial charge in [0.25, 0.3) is 5.91 Å². The van der Waals surface area contributed by atoms with E-state index in [1.807, 2.05) is 30.3 Å². The number of nitrogens with two attached hydrogens (primary N) is 1. The topological polar surface area (TPSA) is 83.8 Å². The maximum absolute atomic E-state index is 11.8. The SMILES string of the molecule is NC(=O)c1c(Nc2ccc(Cl)cc2)n[nH]c1-c1ccccc1. The van der Waals surface area contributed by atoms with Gasteiger partial charge in [-0.15, -0.1) is 0 Å². The molecule has 3 rings (SSSR count). The van der Waals surface area contributed by atoms with Gasteiger partial charge in [0.1, 0.15) is 5.56 Å². The average molecular weight is 313 g/mol. The number of nitrogens with one attached hydrogen (secondary N) is 2. The summed E-state index contributed by atoms with van der Waals surface area (Å²) < 4.78 is 0. The Morgan fingerprint density at radius 1 is 1.09 bits per heavy atom. The highest BCUT2D eigenvalue weighted by Gasteiger charge is 2.19. The lowest BCUT2D eigenvalue weighted by molar-refractivity contribution is 0.100. The number of aromatic amines is 1. The molecular formula is C16H13ClN4O. The first-order chi connectivity index (χ1) is 10.6. The van der Waals surface area contributed by atoms with E-state index in [4.69, 9.17) is 17.3 Å². The molecule has 0 spiro atoms. The van der Waals surface area contributed by atoms with E-state index < -0.39 is 5.91 Å². The Morgan fingerprint density at radius 3 is 2.41 bits per heavy atom. The molecule has 6 heteroatoms. The number of H-pyrrole nitrogens is 1. The molecule has 1 aromatic heterocycles. The van der Waals surface area contributed by atoms with E-state index in [0.29, 0.717) is 22.1 Å². The van der Waals surface area contributed by atoms with Crippen molar-refractivity contribution in [3.63, 3.8) is 0 Å². The molecule has 2 aromatic carbocycles. The van der Waals surface area contributed by atoms with Crippen LogP contribution >= 0.6 is 11.6 Å². The van der Waals surface area contributed by atoms with E-state index in [1.54, 1.807) is 24.3 Å². The van der Waals surface area contributed by atoms with Gasteiger partial charge in [0.2, 0.25) is 0 Å². The van der Waals surface area contributed by atoms with Crippen LogP contribution < -0.4 is 11.1 Å². The second-order valence-electron chi connectivity index (χ2n) is 4.68. The Balaban J connectivity index is 2.00. The molecule has 0 unspecified atom stereocenters. The number of carbonyl (C=O) groups excluding carboxylic acids is 1. The molecule has 0 atom stereocenters. The molecule has 0 aliphatic rings. The molecule has 110 valence electrons. The predicted octanol–water partition coefficient (Wildman–Crippen LogP) is 3.57. The van der Waals surface area contributed by atoms with Gasteiger partial charge in [-0.25, -0.2) is 0 Å². The maximum atomic E-state index is 11.8. The van der Waals surface area contributed by atoms with Crippen molar-refractivity contribution in [2.24, 2.45) is 5.73 Å². The summed E-state index contributed by atoms with van der Waals surface area (Å²) in [4.78, 5) is 11.8. The standard InChI is InChI=1S/C16H13ClN4O/c17-11-6-8-12(9-7-11)19-16-13(15(18)22)14(20-21-16)10-4-2-1-3-5-10/h1-9H,(H2,18,22)(H2,19,20,21). The number of halogens is 1. The molecule has 1 amide bonds. The zero-order valence-corrected chi connectivity index (χ0v) is 12.3. The molecule has 0 saturated carbocycles. The van der Waals surface area contributed by atoms with Gasteiger partial charge in [-0.1, -0.05) is 41.9 Å². The first-order valence-electron chi connectivity index (χ1n) is 6.61. The van der Waals surface area contributed by atoms with Crippen LogP contribution in [-0.2, 0) is 0 Å². The van der Waals surface area contributed by atoms with Gasteiger partial charge in [-0.05, 0) is 24.3 Å². The number of amides is 1. The van der Waals surface area contributed by atoms with Crippen LogP contribution in [0.5, 0.6) is 0 Å². The number of benzene rings is 2. The van der Waals surface area contributed by atoms with Crippen molar-refractivity contribution in [3.05, 3.63) is 65.2 Å². The molecule has 0 saturated heterocycles. The Kier molecular flexibility index (Phi) is 3.80. The highest BCUT2D eigenvalue weighted by atomic mass is 35.5. The van der Waals surface area contributed by atoms with Gasteiger partial charge < -0.3 is 11.1 Å². The molecule has 0 radical (unpaired) electrons. The third-order valence-corrected chi connectivity index (χ3v) is 3.43. The molecule has 5 nitrogen and oxygen atoms in total. The Hall–Kier alpha value is -2.79. The van der Waals surface area contributed by atoms with Crippen molar-refractivity contribution in [2.75, 3.05) is 5.32 Å². The number of hydrogen-bond acceptors (Lipinski definition) is 3. The van der Waals surface area contributed by atoms with Crippen molar-refractivity contribution in [1.82, 2.24) is 10.2 Å². The summed E-state index contributed by atoms with van der Waals surface area (Å²) in [6.45, 7) is 0. The lowest BCUT2D eigenvalue weighted by Gasteiger charge is -2.05. The van der Waals surface area contributed by atoms with Crippen LogP contribution in [0.2, 0.25) is 5.02 Å². The monoisotopic (exact) mass is 312 g/mol. The first-order valence-corrected chi connectivity index (χ1v) is 6.99. The van der Waals surface area contributed by atoms with E-state index in [2.05, 4.69) is 15.5 Å². The van der Waals surface area contributed by atoms with Crippen LogP contribution in [-0.4, -0.2) is 16.1 Å². The van der Waals surface area contributed by atoms with Crippen molar-refractivity contribution in [3.8, 4) is 11.3 Å². The molecule has 0 aliphatic carbocycles. The highest BCUT2D eigenvalue weighted by Crippen LogP contribution is 2.28. The number of anilines is 2. The quantitative estimate of drug-likeness (QED) is 0.688. The number of rotatable bonds is 4. The van der Waals surface area contributed by atoms with Crippen molar-refractivity contribution < 1.29 is 4.79 Å². The van der Waals surface area contributed by atoms with E-state index in [-0.39, 0.29) is 0 Å². The van der Waals surface area contributed by atoms with E-state index in [0.717, 1.165) is 11.3 Å². The molecule has 1 heterocycles. The first kappa shape index (κ1) is 14.2. The summed E-state index contributed by atoms with van der Waals surface area (Å²) in [5.41, 5.74) is 8.03. The second kappa shape index (κ2) is 5.91. The Labute approximate surface area is 132 Å². The van der Waals surface area contributed by atoms with Crippen LogP contribution in [0.1, 0.15) is 10.4 Å². The zero-order valence-electron chi connectivity index (χ0n) is 11.5. The van der Waals surface area contributed by atoms with Crippen LogP contribution in [0, 0.1) is 0 Å². The van der Waals surface area contributed by atoms with Gasteiger partial charge in [0.05, 0.1) is 5.69 Å². The minimum Gasteiger partial charge on any atom is -0.365 e. The lowest BCUT2D eigenvalue weighted by atomic mass is 10.1. The third-order valence-electron chi connectivity index (χ3n) is 3.18. The van der Waals surface area contributed by atoms with Crippen LogP contribution in [0.25, 0.3) is 11.3 Å². The summed E-state index contributed by atoms with van der Waals surface area (Å²) in [6, 6.07) is 16.5. The third kappa shape index (κ3) is 2.80. The molecule has 0 fully saturated rings. The van der Waals surface area contributed by atoms with Gasteiger partial charge in [0.15, 0.2) is 5.82 Å². The largest absolute Gasteiger partial charge is 0.365 e. The van der Waals surface area contributed by atoms with Crippen LogP contribution in [0.4, 0.5) is 11.5 Å². The Morgan fingerprint density at radius 2 is 1.77 bits per heavy atom. The lowest BCUT2D eigenvalue weighted by Crippen LogP contribution is -2.13. The van der Waals surface area contributed by atoms with E-state index >= 15 is 0 Å². The van der Waals surface area contributed by atoms with Crippen molar-refractivity contribution in [1.29, 1.82) is 0 Å². The second-order valence-corrected chi connectivity index (χ2v) is 5.12. The van der Waals surface area contributed by atoms with E-state index in [1.165, 1.54) is 0 Å². The molecule has 3 aromatic rings. The molecule has 22 heavy (non-hydrogen) atoms. The smallest absolute Gasteiger partial charge is 0.254 e. The minimum absolute atomic E-state index is 0.321. The number of carbonyl (C=O) groups is 1. The average Bonchev–Trinajstić information content (AvgIpc) is 2.94. The molecule has 0 bridgehead atoms. The number of nitrogens with zero attached hydrogens (tertiary/aromatic N) is 1. The summed E-state index contributed by atoms with van der Waals surface area (Å²) in [6.07, 6.45) is 0. The van der Waals surface area contributed by atoms with Crippen molar-refractivity contribution >= 4 is 29.0 Å². The van der Waals surface area contributed by atoms with Crippen molar-refractivity contribution in [2.45, 2.75) is 0 Å². The summed E-state index contributed by atoms with van der Waals surface area (Å²) >= 11 is 5.86. The van der Waals surface area contributed by atoms with Gasteiger partial charge >= 0.3 is 0 Å². The fourth-order valence-electron chi connectivity index (χ4n) is 2.16. The molecule has 0 aliphatic heterocycles. The summed E-state index contributed by atoms with van der Waals surface area (Å²) in [5, 5.41) is 10.7. The number of primary amides is 1. The van der Waals surface area contributed by atoms with Gasteiger partial charge in [0, 0.05) is 16.3 Å². The molecule has 4 N–H and O–H groups in total. The van der Waals surface area contributed by atoms with E-state index in [9.17, 15) is 4.79 Å². The highest BCUT2D eigenvalue weighted by molar-refractivity contribution is 6.30. The number of aromatic nitrogens is 2. The normalized spacial score (nSPS) is 10.4. The van der Waals surface area contributed by atoms with Crippen LogP contribution in [0.3, 0.4) is 0 Å². The Bertz CT molecular complexity index is 797. The van der Waals surface area contributed by atoms with Gasteiger partial charge in [-0.2, -0.15) is 5.10 Å². The summed E-state index contributed by atoms with van der Waals surface area (Å²) in [7, 11) is 0. The van der Waals surface area contributed by atoms with Gasteiger partial charge in [-0.3, -0.25) is 9.89 Å². The predicted molar refractivity (Wildman–Crippen MR) is 87.3 cm³/mol. The fraction of sp³-hybridized carbons (Fsp3) is 0. The number of hydrogen-bond donors (Lipinski definition) is 3. The maximum Gasteiger partial charge on any atom is 0.254 e. The zero-order chi connectivity index (χ0) is 15.5.